The number of fused-ring (bicyclic) bond motifs is 1. The Bertz CT molecular complexity index is 1430. The molecule has 0 spiro atoms. The Kier molecular flexibility index (Phi) is 5.90. The SMILES string of the molecule is O=S(=O)(OC[C@@H]1CO[C@@](Cn2ccnc2)(c2ccc(F)cc2F)O1)c1ccc2ccccc2c1. The largest absolute Gasteiger partial charge is 0.342 e. The minimum absolute atomic E-state index is 0.0116. The third-order valence-electron chi connectivity index (χ3n) is 5.57. The van der Waals surface area contributed by atoms with Crippen molar-refractivity contribution < 1.29 is 30.9 Å². The number of hydrogen-bond acceptors (Lipinski definition) is 6. The summed E-state index contributed by atoms with van der Waals surface area (Å²) in [4.78, 5) is 3.98. The highest BCUT2D eigenvalue weighted by molar-refractivity contribution is 7.86. The monoisotopic (exact) mass is 486 g/mol. The number of ether oxygens (including phenoxy) is 2. The maximum absolute atomic E-state index is 14.7. The van der Waals surface area contributed by atoms with Gasteiger partial charge in [-0.2, -0.15) is 8.42 Å². The molecule has 2 heterocycles. The molecule has 176 valence electrons. The van der Waals surface area contributed by atoms with Crippen LogP contribution in [0.5, 0.6) is 0 Å². The zero-order valence-electron chi connectivity index (χ0n) is 17.8. The molecular formula is C24H20F2N2O5S. The van der Waals surface area contributed by atoms with E-state index in [2.05, 4.69) is 4.98 Å². The molecule has 10 heteroatoms. The van der Waals surface area contributed by atoms with E-state index in [0.717, 1.165) is 22.9 Å². The number of hydrogen-bond donors (Lipinski definition) is 0. The molecular weight excluding hydrogens is 466 g/mol. The summed E-state index contributed by atoms with van der Waals surface area (Å²) in [7, 11) is -4.08. The van der Waals surface area contributed by atoms with Crippen LogP contribution in [0.15, 0.2) is 84.3 Å². The lowest BCUT2D eigenvalue weighted by Crippen LogP contribution is -2.35. The van der Waals surface area contributed by atoms with Crippen molar-refractivity contribution in [1.29, 1.82) is 0 Å². The van der Waals surface area contributed by atoms with Gasteiger partial charge < -0.3 is 14.0 Å². The Morgan fingerprint density at radius 3 is 2.68 bits per heavy atom. The molecule has 0 N–H and O–H groups in total. The van der Waals surface area contributed by atoms with Crippen LogP contribution in [-0.4, -0.2) is 37.3 Å². The number of aromatic nitrogens is 2. The first-order valence-corrected chi connectivity index (χ1v) is 11.9. The van der Waals surface area contributed by atoms with Gasteiger partial charge in [0.25, 0.3) is 10.1 Å². The van der Waals surface area contributed by atoms with Gasteiger partial charge in [-0.25, -0.2) is 13.8 Å². The lowest BCUT2D eigenvalue weighted by atomic mass is 10.0. The van der Waals surface area contributed by atoms with Crippen molar-refractivity contribution in [2.24, 2.45) is 0 Å². The van der Waals surface area contributed by atoms with Gasteiger partial charge in [-0.15, -0.1) is 0 Å². The Balaban J connectivity index is 1.35. The fourth-order valence-electron chi connectivity index (χ4n) is 3.93. The van der Waals surface area contributed by atoms with Crippen LogP contribution in [-0.2, 0) is 36.1 Å². The predicted octanol–water partition coefficient (Wildman–Crippen LogP) is 3.99. The van der Waals surface area contributed by atoms with Gasteiger partial charge in [-0.05, 0) is 35.0 Å². The summed E-state index contributed by atoms with van der Waals surface area (Å²) in [6, 6.07) is 15.2. The molecule has 34 heavy (non-hydrogen) atoms. The van der Waals surface area contributed by atoms with Crippen molar-refractivity contribution in [3.63, 3.8) is 0 Å². The lowest BCUT2D eigenvalue weighted by molar-refractivity contribution is -0.191. The van der Waals surface area contributed by atoms with Gasteiger partial charge in [0.15, 0.2) is 0 Å². The summed E-state index contributed by atoms with van der Waals surface area (Å²) in [5.41, 5.74) is -0.0116. The molecule has 0 unspecified atom stereocenters. The fraction of sp³-hybridized carbons (Fsp3) is 0.208. The normalized spacial score (nSPS) is 20.7. The van der Waals surface area contributed by atoms with Gasteiger partial charge in [0.2, 0.25) is 5.79 Å². The number of halogens is 2. The molecule has 1 fully saturated rings. The summed E-state index contributed by atoms with van der Waals surface area (Å²) in [6.45, 7) is -0.383. The van der Waals surface area contributed by atoms with Crippen molar-refractivity contribution in [2.75, 3.05) is 13.2 Å². The summed E-state index contributed by atoms with van der Waals surface area (Å²) >= 11 is 0. The van der Waals surface area contributed by atoms with E-state index in [0.29, 0.717) is 0 Å². The first-order chi connectivity index (χ1) is 16.3. The molecule has 5 rings (SSSR count). The van der Waals surface area contributed by atoms with E-state index in [1.165, 1.54) is 24.5 Å². The highest BCUT2D eigenvalue weighted by Gasteiger charge is 2.46. The van der Waals surface area contributed by atoms with Crippen LogP contribution >= 0.6 is 0 Å². The van der Waals surface area contributed by atoms with E-state index >= 15 is 0 Å². The Morgan fingerprint density at radius 1 is 1.09 bits per heavy atom. The van der Waals surface area contributed by atoms with Gasteiger partial charge in [0.05, 0.1) is 31.0 Å². The molecule has 0 saturated carbocycles. The minimum Gasteiger partial charge on any atom is -0.342 e. The van der Waals surface area contributed by atoms with Gasteiger partial charge in [0.1, 0.15) is 17.7 Å². The van der Waals surface area contributed by atoms with Crippen molar-refractivity contribution in [1.82, 2.24) is 9.55 Å². The molecule has 1 aliphatic heterocycles. The third kappa shape index (κ3) is 4.45. The first kappa shape index (κ1) is 22.6. The second-order valence-electron chi connectivity index (χ2n) is 7.91. The number of rotatable bonds is 7. The van der Waals surface area contributed by atoms with Gasteiger partial charge in [-0.3, -0.25) is 4.18 Å². The van der Waals surface area contributed by atoms with Crippen LogP contribution in [0.4, 0.5) is 8.78 Å². The highest BCUT2D eigenvalue weighted by Crippen LogP contribution is 2.38. The van der Waals surface area contributed by atoms with Gasteiger partial charge in [0, 0.05) is 24.0 Å². The Labute approximate surface area is 194 Å². The predicted molar refractivity (Wildman–Crippen MR) is 118 cm³/mol. The molecule has 7 nitrogen and oxygen atoms in total. The number of nitrogens with zero attached hydrogens (tertiary/aromatic N) is 2. The van der Waals surface area contributed by atoms with Crippen molar-refractivity contribution in [2.45, 2.75) is 23.3 Å². The summed E-state index contributed by atoms with van der Waals surface area (Å²) in [6.07, 6.45) is 3.87. The highest BCUT2D eigenvalue weighted by atomic mass is 32.2. The van der Waals surface area contributed by atoms with Gasteiger partial charge >= 0.3 is 0 Å². The Morgan fingerprint density at radius 2 is 1.91 bits per heavy atom. The average Bonchev–Trinajstić information content (AvgIpc) is 3.48. The van der Waals surface area contributed by atoms with Crippen molar-refractivity contribution in [3.05, 3.63) is 96.6 Å². The summed E-state index contributed by atoms with van der Waals surface area (Å²) in [5.74, 6) is -3.19. The molecule has 0 radical (unpaired) electrons. The molecule has 4 aromatic rings. The number of benzene rings is 3. The maximum Gasteiger partial charge on any atom is 0.297 e. The molecule has 1 aliphatic rings. The maximum atomic E-state index is 14.7. The van der Waals surface area contributed by atoms with Crippen LogP contribution in [0.1, 0.15) is 5.56 Å². The second kappa shape index (κ2) is 8.88. The summed E-state index contributed by atoms with van der Waals surface area (Å²) in [5, 5.41) is 1.67. The lowest BCUT2D eigenvalue weighted by Gasteiger charge is -2.29. The third-order valence-corrected chi connectivity index (χ3v) is 6.85. The Hall–Kier alpha value is -3.18. The minimum atomic E-state index is -4.08. The van der Waals surface area contributed by atoms with E-state index in [4.69, 9.17) is 13.7 Å². The molecule has 2 atom stereocenters. The van der Waals surface area contributed by atoms with Crippen LogP contribution in [0, 0.1) is 11.6 Å². The topological polar surface area (TPSA) is 79.7 Å². The second-order valence-corrected chi connectivity index (χ2v) is 9.53. The van der Waals surface area contributed by atoms with Crippen LogP contribution in [0.3, 0.4) is 0 Å². The van der Waals surface area contributed by atoms with E-state index in [9.17, 15) is 17.2 Å². The van der Waals surface area contributed by atoms with E-state index in [1.807, 2.05) is 24.3 Å². The van der Waals surface area contributed by atoms with E-state index < -0.39 is 33.6 Å². The fourth-order valence-corrected chi connectivity index (χ4v) is 4.90. The molecule has 0 amide bonds. The van der Waals surface area contributed by atoms with E-state index in [-0.39, 0.29) is 30.2 Å². The smallest absolute Gasteiger partial charge is 0.297 e. The summed E-state index contributed by atoms with van der Waals surface area (Å²) < 4.78 is 72.5. The molecule has 0 bridgehead atoms. The first-order valence-electron chi connectivity index (χ1n) is 10.5. The van der Waals surface area contributed by atoms with Crippen LogP contribution in [0.2, 0.25) is 0 Å². The molecule has 1 saturated heterocycles. The molecule has 1 aromatic heterocycles. The van der Waals surface area contributed by atoms with Gasteiger partial charge in [-0.1, -0.05) is 30.3 Å². The quantitative estimate of drug-likeness (QED) is 0.368. The van der Waals surface area contributed by atoms with Crippen LogP contribution < -0.4 is 0 Å². The van der Waals surface area contributed by atoms with Crippen molar-refractivity contribution >= 4 is 20.9 Å². The van der Waals surface area contributed by atoms with Crippen LogP contribution in [0.25, 0.3) is 10.8 Å². The molecule has 3 aromatic carbocycles. The van der Waals surface area contributed by atoms with E-state index in [1.54, 1.807) is 23.0 Å². The average molecular weight is 486 g/mol. The standard InChI is InChI=1S/C24H20F2N2O5S/c25-19-6-8-22(23(26)12-19)24(15-28-10-9-27-16-28)31-13-20(33-24)14-32-34(29,30)21-7-5-17-3-1-2-4-18(17)11-21/h1-12,16,20H,13-15H2/t20-,24+/m0/s1. The zero-order valence-corrected chi connectivity index (χ0v) is 18.6. The number of imidazole rings is 1. The zero-order chi connectivity index (χ0) is 23.8. The molecule has 0 aliphatic carbocycles. The van der Waals surface area contributed by atoms with Crippen molar-refractivity contribution in [3.8, 4) is 0 Å².